The van der Waals surface area contributed by atoms with Crippen molar-refractivity contribution in [2.75, 3.05) is 6.61 Å². The Labute approximate surface area is 84.7 Å². The second kappa shape index (κ2) is 4.40. The van der Waals surface area contributed by atoms with Gasteiger partial charge in [-0.1, -0.05) is 20.8 Å². The minimum atomic E-state index is 0.141. The van der Waals surface area contributed by atoms with Crippen LogP contribution in [0.1, 0.15) is 32.3 Å². The fourth-order valence-electron chi connectivity index (χ4n) is 1.20. The average Bonchev–Trinajstić information content (AvgIpc) is 2.40. The molecular weight excluding hydrogens is 180 g/mol. The molecule has 0 aromatic carbocycles. The van der Waals surface area contributed by atoms with Gasteiger partial charge in [-0.3, -0.25) is 0 Å². The summed E-state index contributed by atoms with van der Waals surface area (Å²) >= 11 is 0. The van der Waals surface area contributed by atoms with Gasteiger partial charge >= 0.3 is 0 Å². The van der Waals surface area contributed by atoms with Crippen LogP contribution in [0.2, 0.25) is 0 Å². The summed E-state index contributed by atoms with van der Waals surface area (Å²) in [4.78, 5) is 0. The molecule has 1 aromatic heterocycles. The molecule has 80 valence electrons. The van der Waals surface area contributed by atoms with Crippen molar-refractivity contribution in [2.24, 2.45) is 5.92 Å². The zero-order valence-corrected chi connectivity index (χ0v) is 9.26. The molecule has 0 fully saturated rings. The summed E-state index contributed by atoms with van der Waals surface area (Å²) in [5, 5.41) is 9.64. The zero-order valence-electron chi connectivity index (χ0n) is 9.26. The Morgan fingerprint density at radius 2 is 2.07 bits per heavy atom. The van der Waals surface area contributed by atoms with E-state index in [1.807, 2.05) is 6.92 Å². The predicted octanol–water partition coefficient (Wildman–Crippen LogP) is 2.89. The van der Waals surface area contributed by atoms with Crippen LogP contribution < -0.4 is 4.74 Å². The molecule has 0 bridgehead atoms. The van der Waals surface area contributed by atoms with Crippen LogP contribution in [-0.4, -0.2) is 11.7 Å². The summed E-state index contributed by atoms with van der Waals surface area (Å²) in [7, 11) is 0. The molecule has 0 aliphatic rings. The first kappa shape index (κ1) is 11.0. The molecule has 3 nitrogen and oxygen atoms in total. The summed E-state index contributed by atoms with van der Waals surface area (Å²) < 4.78 is 10.8. The zero-order chi connectivity index (χ0) is 10.7. The maximum atomic E-state index is 9.64. The van der Waals surface area contributed by atoms with Crippen molar-refractivity contribution in [1.29, 1.82) is 0 Å². The highest BCUT2D eigenvalue weighted by atomic mass is 16.5. The third-order valence-electron chi connectivity index (χ3n) is 1.96. The highest BCUT2D eigenvalue weighted by Crippen LogP contribution is 2.36. The molecule has 0 aliphatic carbocycles. The molecule has 0 amide bonds. The molecule has 0 aliphatic heterocycles. The Morgan fingerprint density at radius 3 is 2.57 bits per heavy atom. The molecule has 3 heteroatoms. The van der Waals surface area contributed by atoms with E-state index in [4.69, 9.17) is 9.15 Å². The largest absolute Gasteiger partial charge is 0.502 e. The first-order chi connectivity index (χ1) is 6.56. The second-order valence-corrected chi connectivity index (χ2v) is 3.82. The maximum absolute atomic E-state index is 9.64. The van der Waals surface area contributed by atoms with E-state index >= 15 is 0 Å². The van der Waals surface area contributed by atoms with Crippen molar-refractivity contribution in [3.05, 3.63) is 11.5 Å². The molecular formula is C11H18O3. The van der Waals surface area contributed by atoms with Gasteiger partial charge in [0.05, 0.1) is 6.61 Å². The fraction of sp³-hybridized carbons (Fsp3) is 0.636. The van der Waals surface area contributed by atoms with Gasteiger partial charge in [0.2, 0.25) is 5.75 Å². The average molecular weight is 198 g/mol. The number of aryl methyl sites for hydroxylation is 2. The lowest BCUT2D eigenvalue weighted by Gasteiger charge is -2.07. The number of aromatic hydroxyl groups is 1. The Kier molecular flexibility index (Phi) is 3.44. The van der Waals surface area contributed by atoms with Gasteiger partial charge in [0.1, 0.15) is 11.5 Å². The molecule has 1 aromatic rings. The van der Waals surface area contributed by atoms with Crippen molar-refractivity contribution >= 4 is 0 Å². The van der Waals surface area contributed by atoms with Crippen molar-refractivity contribution in [3.8, 4) is 11.5 Å². The van der Waals surface area contributed by atoms with Crippen LogP contribution in [-0.2, 0) is 6.42 Å². The molecule has 1 rings (SSSR count). The Morgan fingerprint density at radius 1 is 1.43 bits per heavy atom. The number of furan rings is 1. The summed E-state index contributed by atoms with van der Waals surface area (Å²) in [6.45, 7) is 8.43. The number of hydrogen-bond donors (Lipinski definition) is 1. The van der Waals surface area contributed by atoms with E-state index in [2.05, 4.69) is 13.8 Å². The minimum absolute atomic E-state index is 0.141. The van der Waals surface area contributed by atoms with Gasteiger partial charge in [-0.2, -0.15) is 0 Å². The van der Waals surface area contributed by atoms with Gasteiger partial charge in [0.15, 0.2) is 5.75 Å². The lowest BCUT2D eigenvalue weighted by molar-refractivity contribution is 0.255. The predicted molar refractivity (Wildman–Crippen MR) is 54.8 cm³/mol. The molecule has 0 spiro atoms. The van der Waals surface area contributed by atoms with Crippen molar-refractivity contribution < 1.29 is 14.3 Å². The van der Waals surface area contributed by atoms with E-state index in [9.17, 15) is 5.11 Å². The lowest BCUT2D eigenvalue weighted by atomic mass is 10.2. The van der Waals surface area contributed by atoms with E-state index in [1.54, 1.807) is 6.92 Å². The smallest absolute Gasteiger partial charge is 0.203 e. The molecule has 1 heterocycles. The SMILES string of the molecule is CCc1oc(C)c(O)c1OCC(C)C. The maximum Gasteiger partial charge on any atom is 0.203 e. The van der Waals surface area contributed by atoms with Crippen molar-refractivity contribution in [1.82, 2.24) is 0 Å². The fourth-order valence-corrected chi connectivity index (χ4v) is 1.20. The minimum Gasteiger partial charge on any atom is -0.502 e. The van der Waals surface area contributed by atoms with Crippen LogP contribution in [0.15, 0.2) is 4.42 Å². The lowest BCUT2D eigenvalue weighted by Crippen LogP contribution is -2.05. The molecule has 0 radical (unpaired) electrons. The van der Waals surface area contributed by atoms with E-state index < -0.39 is 0 Å². The topological polar surface area (TPSA) is 42.6 Å². The van der Waals surface area contributed by atoms with Gasteiger partial charge in [-0.25, -0.2) is 0 Å². The van der Waals surface area contributed by atoms with E-state index in [0.29, 0.717) is 24.0 Å². The van der Waals surface area contributed by atoms with Crippen LogP contribution >= 0.6 is 0 Å². The van der Waals surface area contributed by atoms with Crippen molar-refractivity contribution in [2.45, 2.75) is 34.1 Å². The molecule has 0 saturated heterocycles. The van der Waals surface area contributed by atoms with E-state index in [1.165, 1.54) is 0 Å². The first-order valence-corrected chi connectivity index (χ1v) is 5.00. The van der Waals surface area contributed by atoms with Gasteiger partial charge in [-0.15, -0.1) is 0 Å². The van der Waals surface area contributed by atoms with Crippen LogP contribution in [0.5, 0.6) is 11.5 Å². The van der Waals surface area contributed by atoms with Gasteiger partial charge in [0.25, 0.3) is 0 Å². The quantitative estimate of drug-likeness (QED) is 0.808. The van der Waals surface area contributed by atoms with E-state index in [0.717, 1.165) is 12.2 Å². The molecule has 1 N–H and O–H groups in total. The standard InChI is InChI=1S/C11H18O3/c1-5-9-11(13-6-7(2)3)10(12)8(4)14-9/h7,12H,5-6H2,1-4H3. The molecule has 0 saturated carbocycles. The number of ether oxygens (including phenoxy) is 1. The van der Waals surface area contributed by atoms with Gasteiger partial charge in [0, 0.05) is 6.42 Å². The monoisotopic (exact) mass is 198 g/mol. The van der Waals surface area contributed by atoms with Crippen LogP contribution in [0.25, 0.3) is 0 Å². The number of hydrogen-bond acceptors (Lipinski definition) is 3. The summed E-state index contributed by atoms with van der Waals surface area (Å²) in [6.07, 6.45) is 0.731. The summed E-state index contributed by atoms with van der Waals surface area (Å²) in [5.41, 5.74) is 0. The summed E-state index contributed by atoms with van der Waals surface area (Å²) in [5.74, 6) is 2.34. The Bertz CT molecular complexity index is 300. The van der Waals surface area contributed by atoms with Gasteiger partial charge in [-0.05, 0) is 12.8 Å². The first-order valence-electron chi connectivity index (χ1n) is 5.00. The second-order valence-electron chi connectivity index (χ2n) is 3.82. The highest BCUT2D eigenvalue weighted by molar-refractivity contribution is 5.44. The van der Waals surface area contributed by atoms with Crippen molar-refractivity contribution in [3.63, 3.8) is 0 Å². The third kappa shape index (κ3) is 2.22. The van der Waals surface area contributed by atoms with Gasteiger partial charge < -0.3 is 14.3 Å². The van der Waals surface area contributed by atoms with Crippen LogP contribution in [0.3, 0.4) is 0 Å². The molecule has 0 unspecified atom stereocenters. The van der Waals surface area contributed by atoms with Crippen LogP contribution in [0.4, 0.5) is 0 Å². The Balaban J connectivity index is 2.82. The Hall–Kier alpha value is -1.12. The molecule has 0 atom stereocenters. The third-order valence-corrected chi connectivity index (χ3v) is 1.96. The molecule has 14 heavy (non-hydrogen) atoms. The normalized spacial score (nSPS) is 10.9. The summed E-state index contributed by atoms with van der Waals surface area (Å²) in [6, 6.07) is 0. The van der Waals surface area contributed by atoms with Crippen LogP contribution in [0, 0.1) is 12.8 Å². The number of rotatable bonds is 4. The van der Waals surface area contributed by atoms with E-state index in [-0.39, 0.29) is 5.75 Å². The highest BCUT2D eigenvalue weighted by Gasteiger charge is 2.17.